The Labute approximate surface area is 122 Å². The summed E-state index contributed by atoms with van der Waals surface area (Å²) in [6, 6.07) is 3.37. The van der Waals surface area contributed by atoms with Crippen molar-refractivity contribution in [3.8, 4) is 0 Å². The fourth-order valence-corrected chi connectivity index (χ4v) is 3.19. The zero-order chi connectivity index (χ0) is 14.7. The van der Waals surface area contributed by atoms with E-state index in [9.17, 15) is 14.4 Å². The van der Waals surface area contributed by atoms with Crippen LogP contribution in [0.2, 0.25) is 0 Å². The minimum atomic E-state index is -0.401. The second-order valence-electron chi connectivity index (χ2n) is 4.78. The van der Waals surface area contributed by atoms with Crippen molar-refractivity contribution in [3.05, 3.63) is 21.9 Å². The Balaban J connectivity index is 2.08. The number of hydrogen-bond donors (Lipinski definition) is 1. The Hall–Kier alpha value is -1.53. The summed E-state index contributed by atoms with van der Waals surface area (Å²) < 4.78 is 0. The van der Waals surface area contributed by atoms with Gasteiger partial charge in [0.05, 0.1) is 24.0 Å². The van der Waals surface area contributed by atoms with Gasteiger partial charge in [-0.15, -0.1) is 11.3 Å². The molecule has 1 atom stereocenters. The number of nitrogens with one attached hydrogen (secondary N) is 1. The number of imide groups is 1. The van der Waals surface area contributed by atoms with Gasteiger partial charge in [0.1, 0.15) is 0 Å². The van der Waals surface area contributed by atoms with E-state index in [2.05, 4.69) is 5.32 Å². The topological polar surface area (TPSA) is 66.5 Å². The first kappa shape index (κ1) is 14.9. The quantitative estimate of drug-likeness (QED) is 0.655. The molecule has 6 heteroatoms. The monoisotopic (exact) mass is 294 g/mol. The van der Waals surface area contributed by atoms with Gasteiger partial charge < -0.3 is 0 Å². The van der Waals surface area contributed by atoms with Crippen molar-refractivity contribution in [2.75, 3.05) is 13.1 Å². The predicted molar refractivity (Wildman–Crippen MR) is 76.8 cm³/mol. The molecule has 1 saturated heterocycles. The van der Waals surface area contributed by atoms with Crippen LogP contribution < -0.4 is 5.32 Å². The lowest BCUT2D eigenvalue weighted by Crippen LogP contribution is -2.58. The average molecular weight is 294 g/mol. The molecule has 1 aromatic rings. The van der Waals surface area contributed by atoms with Gasteiger partial charge in [0.15, 0.2) is 5.78 Å². The normalized spacial score (nSPS) is 20.0. The van der Waals surface area contributed by atoms with Gasteiger partial charge in [-0.1, -0.05) is 13.8 Å². The number of amides is 2. The van der Waals surface area contributed by atoms with E-state index >= 15 is 0 Å². The highest BCUT2D eigenvalue weighted by molar-refractivity contribution is 7.14. The Morgan fingerprint density at radius 3 is 2.75 bits per heavy atom. The number of Topliss-reactive ketones (excluding diaryl/α,β-unsaturated/α-hetero) is 1. The molecule has 1 aromatic heterocycles. The number of piperazine rings is 1. The van der Waals surface area contributed by atoms with Gasteiger partial charge in [0, 0.05) is 4.88 Å². The molecule has 2 heterocycles. The summed E-state index contributed by atoms with van der Waals surface area (Å²) in [6.07, 6.45) is 1.48. The second kappa shape index (κ2) is 6.28. The number of carbonyl (C=O) groups excluding carboxylic acids is 3. The largest absolute Gasteiger partial charge is 0.294 e. The van der Waals surface area contributed by atoms with Gasteiger partial charge in [-0.05, 0) is 25.0 Å². The van der Waals surface area contributed by atoms with E-state index in [1.165, 1.54) is 11.3 Å². The number of hydrogen-bond acceptors (Lipinski definition) is 5. The summed E-state index contributed by atoms with van der Waals surface area (Å²) in [7, 11) is 0. The molecule has 0 bridgehead atoms. The molecule has 108 valence electrons. The van der Waals surface area contributed by atoms with Crippen LogP contribution in [0.3, 0.4) is 0 Å². The van der Waals surface area contributed by atoms with Crippen molar-refractivity contribution in [2.24, 2.45) is 0 Å². The third-order valence-corrected chi connectivity index (χ3v) is 4.64. The number of nitrogens with zero attached hydrogens (tertiary/aromatic N) is 1. The van der Waals surface area contributed by atoms with E-state index in [1.54, 1.807) is 4.90 Å². The lowest BCUT2D eigenvalue weighted by Gasteiger charge is -2.32. The van der Waals surface area contributed by atoms with Crippen LogP contribution in [0.5, 0.6) is 0 Å². The molecule has 1 N–H and O–H groups in total. The van der Waals surface area contributed by atoms with Crippen molar-refractivity contribution in [3.63, 3.8) is 0 Å². The van der Waals surface area contributed by atoms with Crippen LogP contribution in [-0.2, 0) is 16.0 Å². The lowest BCUT2D eigenvalue weighted by atomic mass is 10.1. The van der Waals surface area contributed by atoms with Gasteiger partial charge in [-0.25, -0.2) is 0 Å². The maximum Gasteiger partial charge on any atom is 0.243 e. The Kier molecular flexibility index (Phi) is 4.67. The molecule has 1 unspecified atom stereocenters. The second-order valence-corrected chi connectivity index (χ2v) is 5.95. The first-order valence-electron chi connectivity index (χ1n) is 6.74. The van der Waals surface area contributed by atoms with Gasteiger partial charge in [-0.3, -0.25) is 24.6 Å². The minimum Gasteiger partial charge on any atom is -0.294 e. The SMILES string of the molecule is CCc1ccc(C(=O)CN2CC(=O)NC(=O)C2CC)s1. The third kappa shape index (κ3) is 3.13. The standard InChI is InChI=1S/C14H18N2O3S/c1-3-9-5-6-12(20-9)11(17)7-16-8-13(18)15-14(19)10(16)4-2/h5-6,10H,3-4,7-8H2,1-2H3,(H,15,18,19). The van der Waals surface area contributed by atoms with Crippen LogP contribution in [0.1, 0.15) is 34.8 Å². The van der Waals surface area contributed by atoms with Gasteiger partial charge in [0.2, 0.25) is 11.8 Å². The highest BCUT2D eigenvalue weighted by atomic mass is 32.1. The van der Waals surface area contributed by atoms with E-state index in [1.807, 2.05) is 26.0 Å². The molecule has 1 aliphatic heterocycles. The zero-order valence-electron chi connectivity index (χ0n) is 11.6. The molecule has 0 spiro atoms. The highest BCUT2D eigenvalue weighted by Crippen LogP contribution is 2.19. The lowest BCUT2D eigenvalue weighted by molar-refractivity contribution is -0.139. The van der Waals surface area contributed by atoms with Crippen molar-refractivity contribution in [1.82, 2.24) is 10.2 Å². The summed E-state index contributed by atoms with van der Waals surface area (Å²) >= 11 is 1.48. The summed E-state index contributed by atoms with van der Waals surface area (Å²) in [5, 5.41) is 2.31. The fourth-order valence-electron chi connectivity index (χ4n) is 2.31. The smallest absolute Gasteiger partial charge is 0.243 e. The van der Waals surface area contributed by atoms with Crippen LogP contribution in [0, 0.1) is 0 Å². The van der Waals surface area contributed by atoms with Crippen LogP contribution in [0.25, 0.3) is 0 Å². The molecular weight excluding hydrogens is 276 g/mol. The Bertz CT molecular complexity index is 538. The average Bonchev–Trinajstić information content (AvgIpc) is 2.87. The maximum atomic E-state index is 12.2. The number of thiophene rings is 1. The first-order valence-corrected chi connectivity index (χ1v) is 7.56. The summed E-state index contributed by atoms with van der Waals surface area (Å²) in [4.78, 5) is 38.9. The number of aryl methyl sites for hydroxylation is 1. The molecule has 5 nitrogen and oxygen atoms in total. The van der Waals surface area contributed by atoms with Gasteiger partial charge in [-0.2, -0.15) is 0 Å². The Morgan fingerprint density at radius 2 is 2.15 bits per heavy atom. The van der Waals surface area contributed by atoms with E-state index in [0.717, 1.165) is 11.3 Å². The van der Waals surface area contributed by atoms with Gasteiger partial charge in [0.25, 0.3) is 0 Å². The number of carbonyl (C=O) groups is 3. The molecular formula is C14H18N2O3S. The van der Waals surface area contributed by atoms with Crippen molar-refractivity contribution in [2.45, 2.75) is 32.7 Å². The molecule has 0 radical (unpaired) electrons. The molecule has 0 aromatic carbocycles. The molecule has 2 rings (SSSR count). The van der Waals surface area contributed by atoms with Crippen LogP contribution in [0.15, 0.2) is 12.1 Å². The Morgan fingerprint density at radius 1 is 1.40 bits per heavy atom. The van der Waals surface area contributed by atoms with Crippen molar-refractivity contribution >= 4 is 28.9 Å². The van der Waals surface area contributed by atoms with Crippen molar-refractivity contribution in [1.29, 1.82) is 0 Å². The summed E-state index contributed by atoms with van der Waals surface area (Å²) in [5.74, 6) is -0.680. The van der Waals surface area contributed by atoms with Crippen LogP contribution in [-0.4, -0.2) is 41.6 Å². The number of rotatable bonds is 5. The zero-order valence-corrected chi connectivity index (χ0v) is 12.5. The van der Waals surface area contributed by atoms with Crippen LogP contribution in [0.4, 0.5) is 0 Å². The highest BCUT2D eigenvalue weighted by Gasteiger charge is 2.33. The third-order valence-electron chi connectivity index (χ3n) is 3.37. The maximum absolute atomic E-state index is 12.2. The molecule has 0 aliphatic carbocycles. The minimum absolute atomic E-state index is 0.0318. The fraction of sp³-hybridized carbons (Fsp3) is 0.500. The first-order chi connectivity index (χ1) is 9.55. The van der Waals surface area contributed by atoms with Gasteiger partial charge >= 0.3 is 0 Å². The molecule has 1 fully saturated rings. The van der Waals surface area contributed by atoms with Crippen molar-refractivity contribution < 1.29 is 14.4 Å². The van der Waals surface area contributed by atoms with E-state index in [0.29, 0.717) is 11.3 Å². The van der Waals surface area contributed by atoms with E-state index in [4.69, 9.17) is 0 Å². The van der Waals surface area contributed by atoms with E-state index in [-0.39, 0.29) is 30.7 Å². The summed E-state index contributed by atoms with van der Waals surface area (Å²) in [5.41, 5.74) is 0. The molecule has 20 heavy (non-hydrogen) atoms. The predicted octanol–water partition coefficient (Wildman–Crippen LogP) is 1.23. The van der Waals surface area contributed by atoms with Crippen LogP contribution >= 0.6 is 11.3 Å². The molecule has 2 amide bonds. The number of ketones is 1. The summed E-state index contributed by atoms with van der Waals surface area (Å²) in [6.45, 7) is 4.13. The molecule has 1 aliphatic rings. The van der Waals surface area contributed by atoms with E-state index < -0.39 is 6.04 Å². The molecule has 0 saturated carbocycles.